The molecule has 0 saturated heterocycles. The molecule has 21 heavy (non-hydrogen) atoms. The van der Waals surface area contributed by atoms with Gasteiger partial charge in [-0.3, -0.25) is 10.1 Å². The summed E-state index contributed by atoms with van der Waals surface area (Å²) in [7, 11) is 0. The van der Waals surface area contributed by atoms with E-state index in [1.54, 1.807) is 6.07 Å². The maximum Gasteiger partial charge on any atom is 0.305 e. The van der Waals surface area contributed by atoms with E-state index in [0.717, 1.165) is 6.07 Å². The highest BCUT2D eigenvalue weighted by atomic mass is 79.9. The monoisotopic (exact) mass is 377 g/mol. The topological polar surface area (TPSA) is 68.1 Å². The van der Waals surface area contributed by atoms with E-state index in [2.05, 4.69) is 26.2 Å². The average Bonchev–Trinajstić information content (AvgIpc) is 2.41. The van der Waals surface area contributed by atoms with E-state index in [1.165, 1.54) is 6.20 Å². The van der Waals surface area contributed by atoms with Gasteiger partial charge in [-0.15, -0.1) is 0 Å². The molecule has 0 aliphatic heterocycles. The number of benzene rings is 1. The third-order valence-corrected chi connectivity index (χ3v) is 3.73. The van der Waals surface area contributed by atoms with E-state index in [0.29, 0.717) is 16.2 Å². The van der Waals surface area contributed by atoms with Crippen molar-refractivity contribution in [3.63, 3.8) is 0 Å². The van der Waals surface area contributed by atoms with Gasteiger partial charge in [0.2, 0.25) is 5.82 Å². The van der Waals surface area contributed by atoms with E-state index < -0.39 is 22.2 Å². The van der Waals surface area contributed by atoms with Gasteiger partial charge in [0.15, 0.2) is 0 Å². The number of halogens is 4. The first-order chi connectivity index (χ1) is 9.88. The number of rotatable bonds is 4. The Balaban J connectivity index is 2.21. The first-order valence-electron chi connectivity index (χ1n) is 5.55. The fourth-order valence-corrected chi connectivity index (χ4v) is 2.02. The minimum atomic E-state index is -1.21. The lowest BCUT2D eigenvalue weighted by Crippen LogP contribution is -2.04. The maximum atomic E-state index is 13.6. The Hall–Kier alpha value is -1.80. The smallest absolute Gasteiger partial charge is 0.305 e. The summed E-state index contributed by atoms with van der Waals surface area (Å²) >= 11 is 8.91. The van der Waals surface area contributed by atoms with Crippen molar-refractivity contribution in [2.45, 2.75) is 6.54 Å². The molecule has 9 heteroatoms. The van der Waals surface area contributed by atoms with Gasteiger partial charge in [-0.2, -0.15) is 4.39 Å². The number of hydrogen-bond donors (Lipinski definition) is 1. The van der Waals surface area contributed by atoms with Crippen LogP contribution in [0.5, 0.6) is 0 Å². The van der Waals surface area contributed by atoms with Gasteiger partial charge in [0, 0.05) is 24.2 Å². The number of aromatic nitrogens is 1. The van der Waals surface area contributed by atoms with Crippen molar-refractivity contribution in [1.29, 1.82) is 0 Å². The van der Waals surface area contributed by atoms with E-state index in [1.807, 2.05) is 0 Å². The summed E-state index contributed by atoms with van der Waals surface area (Å²) in [5, 5.41) is 13.7. The quantitative estimate of drug-likeness (QED) is 0.489. The molecule has 5 nitrogen and oxygen atoms in total. The van der Waals surface area contributed by atoms with Crippen molar-refractivity contribution in [1.82, 2.24) is 4.98 Å². The Morgan fingerprint density at radius 1 is 1.33 bits per heavy atom. The number of pyridine rings is 1. The van der Waals surface area contributed by atoms with Crippen LogP contribution in [0.3, 0.4) is 0 Å². The largest absolute Gasteiger partial charge is 0.380 e. The molecular formula is C12H7BrClF2N3O2. The molecule has 110 valence electrons. The summed E-state index contributed by atoms with van der Waals surface area (Å²) in [5.41, 5.74) is -0.282. The molecule has 1 heterocycles. The number of nitrogens with one attached hydrogen (secondary N) is 1. The van der Waals surface area contributed by atoms with Crippen LogP contribution in [0.2, 0.25) is 5.15 Å². The highest BCUT2D eigenvalue weighted by Gasteiger charge is 2.18. The molecule has 0 fully saturated rings. The lowest BCUT2D eigenvalue weighted by atomic mass is 10.1. The molecule has 0 radical (unpaired) electrons. The van der Waals surface area contributed by atoms with Crippen molar-refractivity contribution in [2.24, 2.45) is 0 Å². The van der Waals surface area contributed by atoms with E-state index in [-0.39, 0.29) is 17.3 Å². The summed E-state index contributed by atoms with van der Waals surface area (Å²) in [6.07, 6.45) is 1.42. The molecule has 0 atom stereocenters. The minimum absolute atomic E-state index is 0.0332. The van der Waals surface area contributed by atoms with Crippen LogP contribution in [0.4, 0.5) is 20.2 Å². The van der Waals surface area contributed by atoms with Crippen LogP contribution in [-0.2, 0) is 6.54 Å². The lowest BCUT2D eigenvalue weighted by Gasteiger charge is -2.08. The number of anilines is 1. The second-order valence-corrected chi connectivity index (χ2v) is 5.21. The molecule has 0 unspecified atom stereocenters. The second-order valence-electron chi connectivity index (χ2n) is 4.00. The van der Waals surface area contributed by atoms with Gasteiger partial charge in [0.25, 0.3) is 0 Å². The van der Waals surface area contributed by atoms with Gasteiger partial charge in [0.05, 0.1) is 21.3 Å². The molecule has 0 bridgehead atoms. The van der Waals surface area contributed by atoms with Crippen LogP contribution in [0.15, 0.2) is 28.9 Å². The Kier molecular flexibility index (Phi) is 4.69. The summed E-state index contributed by atoms with van der Waals surface area (Å²) in [5.74, 6) is -2.08. The van der Waals surface area contributed by atoms with E-state index >= 15 is 0 Å². The highest BCUT2D eigenvalue weighted by Crippen LogP contribution is 2.25. The first-order valence-corrected chi connectivity index (χ1v) is 6.73. The molecule has 0 spiro atoms. The molecule has 0 saturated carbocycles. The van der Waals surface area contributed by atoms with Crippen LogP contribution >= 0.6 is 27.5 Å². The third kappa shape index (κ3) is 3.64. The number of nitrogens with zero attached hydrogens (tertiary/aromatic N) is 2. The second kappa shape index (κ2) is 6.31. The van der Waals surface area contributed by atoms with Gasteiger partial charge in [-0.1, -0.05) is 11.6 Å². The van der Waals surface area contributed by atoms with Crippen molar-refractivity contribution in [3.8, 4) is 0 Å². The number of hydrogen-bond acceptors (Lipinski definition) is 4. The predicted octanol–water partition coefficient (Wildman–Crippen LogP) is 4.30. The van der Waals surface area contributed by atoms with E-state index in [4.69, 9.17) is 11.6 Å². The molecule has 0 amide bonds. The lowest BCUT2D eigenvalue weighted by molar-refractivity contribution is -0.387. The molecule has 1 aromatic carbocycles. The summed E-state index contributed by atoms with van der Waals surface area (Å²) in [6, 6.07) is 2.96. The van der Waals surface area contributed by atoms with Gasteiger partial charge in [-0.25, -0.2) is 9.37 Å². The molecule has 0 aliphatic carbocycles. The molecule has 2 aromatic rings. The Labute approximate surface area is 131 Å². The Bertz CT molecular complexity index is 715. The van der Waals surface area contributed by atoms with Gasteiger partial charge < -0.3 is 5.32 Å². The average molecular weight is 379 g/mol. The zero-order chi connectivity index (χ0) is 15.6. The summed E-state index contributed by atoms with van der Waals surface area (Å²) in [4.78, 5) is 13.6. The van der Waals surface area contributed by atoms with Crippen molar-refractivity contribution in [3.05, 3.63) is 61.3 Å². The van der Waals surface area contributed by atoms with Crippen LogP contribution in [0.25, 0.3) is 0 Å². The van der Waals surface area contributed by atoms with Crippen LogP contribution < -0.4 is 5.32 Å². The summed E-state index contributed by atoms with van der Waals surface area (Å²) < 4.78 is 27.3. The number of nitro groups is 1. The van der Waals surface area contributed by atoms with Gasteiger partial charge >= 0.3 is 5.69 Å². The maximum absolute atomic E-state index is 13.6. The molecule has 0 aliphatic rings. The van der Waals surface area contributed by atoms with Crippen LogP contribution in [0, 0.1) is 21.7 Å². The third-order valence-electron chi connectivity index (χ3n) is 2.59. The van der Waals surface area contributed by atoms with E-state index in [9.17, 15) is 18.9 Å². The molecule has 2 rings (SSSR count). The molecule has 1 aromatic heterocycles. The van der Waals surface area contributed by atoms with Crippen molar-refractivity contribution in [2.75, 3.05) is 5.32 Å². The normalized spacial score (nSPS) is 10.5. The van der Waals surface area contributed by atoms with Crippen LogP contribution in [-0.4, -0.2) is 9.91 Å². The van der Waals surface area contributed by atoms with Crippen LogP contribution in [0.1, 0.15) is 5.56 Å². The van der Waals surface area contributed by atoms with Crippen molar-refractivity contribution < 1.29 is 13.7 Å². The van der Waals surface area contributed by atoms with Gasteiger partial charge in [-0.05, 0) is 22.0 Å². The molecular weight excluding hydrogens is 372 g/mol. The number of nitro benzene ring substituents is 1. The fraction of sp³-hybridized carbons (Fsp3) is 0.0833. The standard InChI is InChI=1S/C12H7BrClF2N3O2/c13-8-2-7(5-18-12(8)14)17-4-6-1-11(19(20)21)10(16)3-9(6)15/h1-3,5,17H,4H2. The first kappa shape index (κ1) is 15.6. The molecule has 1 N–H and O–H groups in total. The Morgan fingerprint density at radius 3 is 2.67 bits per heavy atom. The van der Waals surface area contributed by atoms with Crippen molar-refractivity contribution >= 4 is 38.9 Å². The zero-order valence-corrected chi connectivity index (χ0v) is 12.6. The zero-order valence-electron chi connectivity index (χ0n) is 10.2. The Morgan fingerprint density at radius 2 is 2.05 bits per heavy atom. The highest BCUT2D eigenvalue weighted by molar-refractivity contribution is 9.10. The SMILES string of the molecule is O=[N+]([O-])c1cc(CNc2cnc(Cl)c(Br)c2)c(F)cc1F. The van der Waals surface area contributed by atoms with Gasteiger partial charge in [0.1, 0.15) is 11.0 Å². The summed E-state index contributed by atoms with van der Waals surface area (Å²) in [6.45, 7) is -0.0668. The predicted molar refractivity (Wildman–Crippen MR) is 77.3 cm³/mol. The minimum Gasteiger partial charge on any atom is -0.380 e. The fourth-order valence-electron chi connectivity index (χ4n) is 1.57.